The maximum Gasteiger partial charge on any atom is 0.417 e. The summed E-state index contributed by atoms with van der Waals surface area (Å²) in [6.45, 7) is 4.44. The maximum absolute atomic E-state index is 11.7. The number of aromatic amines is 1. The molecule has 0 saturated heterocycles. The molecule has 21 heavy (non-hydrogen) atoms. The number of nitrogen functional groups attached to an aromatic ring is 1. The van der Waals surface area contributed by atoms with Crippen molar-refractivity contribution in [1.82, 2.24) is 10.3 Å². The van der Waals surface area contributed by atoms with E-state index < -0.39 is 5.76 Å². The molecular weight excluding hydrogens is 272 g/mol. The second-order valence-electron chi connectivity index (χ2n) is 5.00. The molecule has 2 aromatic rings. The van der Waals surface area contributed by atoms with Gasteiger partial charge in [-0.3, -0.25) is 9.78 Å². The Bertz CT molecular complexity index is 689. The fourth-order valence-corrected chi connectivity index (χ4v) is 1.93. The molecule has 0 aliphatic carbocycles. The van der Waals surface area contributed by atoms with Gasteiger partial charge < -0.3 is 20.8 Å². The van der Waals surface area contributed by atoms with E-state index in [-0.39, 0.29) is 11.9 Å². The van der Waals surface area contributed by atoms with Crippen LogP contribution in [0.2, 0.25) is 0 Å². The third kappa shape index (κ3) is 3.77. The number of aromatic nitrogens is 1. The lowest BCUT2D eigenvalue weighted by Crippen LogP contribution is -2.32. The third-order valence-electron chi connectivity index (χ3n) is 3.28. The van der Waals surface area contributed by atoms with Crippen molar-refractivity contribution in [2.75, 3.05) is 17.6 Å². The maximum atomic E-state index is 11.7. The lowest BCUT2D eigenvalue weighted by molar-refractivity contribution is -0.121. The number of amides is 1. The van der Waals surface area contributed by atoms with Crippen LogP contribution in [0.1, 0.15) is 26.7 Å². The summed E-state index contributed by atoms with van der Waals surface area (Å²) in [5, 5.41) is 5.98. The molecule has 7 nitrogen and oxygen atoms in total. The molecule has 0 aliphatic heterocycles. The minimum Gasteiger partial charge on any atom is -0.408 e. The number of anilines is 2. The SMILES string of the molecule is CCC(C)NC(=O)CCNc1cc2[nH]c(=O)oc2cc1N. The Kier molecular flexibility index (Phi) is 4.52. The predicted molar refractivity (Wildman–Crippen MR) is 82.2 cm³/mol. The molecule has 1 atom stereocenters. The van der Waals surface area contributed by atoms with Gasteiger partial charge >= 0.3 is 5.76 Å². The Morgan fingerprint density at radius 2 is 2.24 bits per heavy atom. The van der Waals surface area contributed by atoms with Crippen LogP contribution < -0.4 is 22.1 Å². The molecule has 0 aliphatic rings. The average Bonchev–Trinajstić information content (AvgIpc) is 2.77. The largest absolute Gasteiger partial charge is 0.417 e. The first-order valence-electron chi connectivity index (χ1n) is 6.95. The van der Waals surface area contributed by atoms with Gasteiger partial charge in [-0.15, -0.1) is 0 Å². The third-order valence-corrected chi connectivity index (χ3v) is 3.28. The number of benzene rings is 1. The molecule has 0 radical (unpaired) electrons. The number of hydrogen-bond donors (Lipinski definition) is 4. The zero-order valence-corrected chi connectivity index (χ0v) is 12.2. The van der Waals surface area contributed by atoms with Gasteiger partial charge in [-0.1, -0.05) is 6.92 Å². The first kappa shape index (κ1) is 15.0. The summed E-state index contributed by atoms with van der Waals surface area (Å²) in [5.41, 5.74) is 7.99. The summed E-state index contributed by atoms with van der Waals surface area (Å²) in [6.07, 6.45) is 1.25. The summed E-state index contributed by atoms with van der Waals surface area (Å²) >= 11 is 0. The van der Waals surface area contributed by atoms with Crippen molar-refractivity contribution in [3.8, 4) is 0 Å². The van der Waals surface area contributed by atoms with Crippen molar-refractivity contribution in [2.24, 2.45) is 0 Å². The number of rotatable bonds is 6. The van der Waals surface area contributed by atoms with Crippen LogP contribution in [-0.4, -0.2) is 23.5 Å². The smallest absolute Gasteiger partial charge is 0.408 e. The Morgan fingerprint density at radius 3 is 2.95 bits per heavy atom. The normalized spacial score (nSPS) is 12.3. The van der Waals surface area contributed by atoms with Crippen molar-refractivity contribution in [3.63, 3.8) is 0 Å². The first-order valence-corrected chi connectivity index (χ1v) is 6.95. The predicted octanol–water partition coefficient (Wildman–Crippen LogP) is 1.42. The van der Waals surface area contributed by atoms with E-state index in [1.54, 1.807) is 12.1 Å². The van der Waals surface area contributed by atoms with Gasteiger partial charge in [0.2, 0.25) is 5.91 Å². The number of carbonyl (C=O) groups excluding carboxylic acids is 1. The molecule has 0 spiro atoms. The summed E-state index contributed by atoms with van der Waals surface area (Å²) in [7, 11) is 0. The van der Waals surface area contributed by atoms with Crippen LogP contribution >= 0.6 is 0 Å². The molecule has 0 bridgehead atoms. The van der Waals surface area contributed by atoms with E-state index in [4.69, 9.17) is 10.2 Å². The van der Waals surface area contributed by atoms with Gasteiger partial charge in [0.15, 0.2) is 5.58 Å². The Morgan fingerprint density at radius 1 is 1.48 bits per heavy atom. The second kappa shape index (κ2) is 6.34. The molecule has 1 unspecified atom stereocenters. The summed E-state index contributed by atoms with van der Waals surface area (Å²) in [4.78, 5) is 25.3. The molecule has 1 aromatic heterocycles. The van der Waals surface area contributed by atoms with E-state index in [1.807, 2.05) is 13.8 Å². The molecule has 1 aromatic carbocycles. The molecule has 0 fully saturated rings. The summed E-state index contributed by atoms with van der Waals surface area (Å²) in [5.74, 6) is -0.525. The molecular formula is C14H20N4O3. The number of nitrogens with one attached hydrogen (secondary N) is 3. The molecule has 7 heteroatoms. The minimum atomic E-state index is -0.519. The van der Waals surface area contributed by atoms with Crippen molar-refractivity contribution < 1.29 is 9.21 Å². The number of nitrogens with two attached hydrogens (primary N) is 1. The highest BCUT2D eigenvalue weighted by Crippen LogP contribution is 2.24. The van der Waals surface area contributed by atoms with Crippen LogP contribution in [0.15, 0.2) is 21.3 Å². The zero-order valence-electron chi connectivity index (χ0n) is 12.2. The van der Waals surface area contributed by atoms with Gasteiger partial charge in [0.1, 0.15) is 0 Å². The number of fused-ring (bicyclic) bond motifs is 1. The average molecular weight is 292 g/mol. The van der Waals surface area contributed by atoms with Gasteiger partial charge in [-0.05, 0) is 19.4 Å². The quantitative estimate of drug-likeness (QED) is 0.601. The van der Waals surface area contributed by atoms with Crippen LogP contribution in [0.25, 0.3) is 11.1 Å². The molecule has 5 N–H and O–H groups in total. The summed E-state index contributed by atoms with van der Waals surface area (Å²) in [6, 6.07) is 3.45. The molecule has 114 valence electrons. The van der Waals surface area contributed by atoms with E-state index in [2.05, 4.69) is 15.6 Å². The number of H-pyrrole nitrogens is 1. The van der Waals surface area contributed by atoms with Crippen LogP contribution in [0.4, 0.5) is 11.4 Å². The number of hydrogen-bond acceptors (Lipinski definition) is 5. The van der Waals surface area contributed by atoms with Crippen molar-refractivity contribution in [2.45, 2.75) is 32.7 Å². The number of carbonyl (C=O) groups is 1. The van der Waals surface area contributed by atoms with E-state index in [1.165, 1.54) is 0 Å². The minimum absolute atomic E-state index is 0.00628. The van der Waals surface area contributed by atoms with Crippen molar-refractivity contribution in [3.05, 3.63) is 22.7 Å². The zero-order chi connectivity index (χ0) is 15.4. The molecule has 2 rings (SSSR count). The van der Waals surface area contributed by atoms with E-state index in [0.29, 0.717) is 35.4 Å². The molecule has 0 saturated carbocycles. The second-order valence-corrected chi connectivity index (χ2v) is 5.00. The highest BCUT2D eigenvalue weighted by molar-refractivity contribution is 5.85. The lowest BCUT2D eigenvalue weighted by Gasteiger charge is -2.12. The molecule has 1 amide bonds. The Labute approximate surface area is 121 Å². The van der Waals surface area contributed by atoms with Gasteiger partial charge in [0.25, 0.3) is 0 Å². The fraction of sp³-hybridized carbons (Fsp3) is 0.429. The standard InChI is InChI=1S/C14H20N4O3/c1-3-8(2)17-13(19)4-5-16-10-7-11-12(6-9(10)15)21-14(20)18-11/h6-8,16H,3-5,15H2,1-2H3,(H,17,19)(H,18,20). The van der Waals surface area contributed by atoms with E-state index in [9.17, 15) is 9.59 Å². The van der Waals surface area contributed by atoms with Crippen LogP contribution in [-0.2, 0) is 4.79 Å². The van der Waals surface area contributed by atoms with Crippen LogP contribution in [0, 0.1) is 0 Å². The topological polar surface area (TPSA) is 113 Å². The van der Waals surface area contributed by atoms with E-state index in [0.717, 1.165) is 6.42 Å². The van der Waals surface area contributed by atoms with Gasteiger partial charge in [0, 0.05) is 25.1 Å². The Balaban J connectivity index is 1.95. The monoisotopic (exact) mass is 292 g/mol. The Hall–Kier alpha value is -2.44. The van der Waals surface area contributed by atoms with Gasteiger partial charge in [0.05, 0.1) is 16.9 Å². The van der Waals surface area contributed by atoms with Gasteiger partial charge in [-0.25, -0.2) is 4.79 Å². The summed E-state index contributed by atoms with van der Waals surface area (Å²) < 4.78 is 4.92. The van der Waals surface area contributed by atoms with Crippen molar-refractivity contribution in [1.29, 1.82) is 0 Å². The lowest BCUT2D eigenvalue weighted by atomic mass is 10.2. The highest BCUT2D eigenvalue weighted by atomic mass is 16.4. The van der Waals surface area contributed by atoms with E-state index >= 15 is 0 Å². The van der Waals surface area contributed by atoms with Crippen molar-refractivity contribution >= 4 is 28.4 Å². The molecule has 1 heterocycles. The van der Waals surface area contributed by atoms with Crippen LogP contribution in [0.3, 0.4) is 0 Å². The fourth-order valence-electron chi connectivity index (χ4n) is 1.93. The highest BCUT2D eigenvalue weighted by Gasteiger charge is 2.08. The van der Waals surface area contributed by atoms with Crippen LogP contribution in [0.5, 0.6) is 0 Å². The van der Waals surface area contributed by atoms with Gasteiger partial charge in [-0.2, -0.15) is 0 Å². The first-order chi connectivity index (χ1) is 9.99. The number of oxazole rings is 1.